The van der Waals surface area contributed by atoms with Crippen LogP contribution in [0.15, 0.2) is 6.07 Å². The van der Waals surface area contributed by atoms with Gasteiger partial charge in [-0.1, -0.05) is 31.4 Å². The lowest BCUT2D eigenvalue weighted by Gasteiger charge is -2.31. The van der Waals surface area contributed by atoms with E-state index < -0.39 is 0 Å². The molecule has 1 heterocycles. The van der Waals surface area contributed by atoms with Gasteiger partial charge >= 0.3 is 0 Å². The van der Waals surface area contributed by atoms with Crippen LogP contribution in [0.4, 0.5) is 0 Å². The summed E-state index contributed by atoms with van der Waals surface area (Å²) in [5, 5.41) is 0.727. The van der Waals surface area contributed by atoms with E-state index in [0.717, 1.165) is 46.9 Å². The zero-order valence-corrected chi connectivity index (χ0v) is 12.1. The standard InChI is InChI=1S/C15H20ClNO2/c1-2-10-13(15(17)5-3-4-6-15)11(16)9-12-14(10)19-8-7-18-12/h9H,2-8,17H2,1H3. The Balaban J connectivity index is 2.18. The van der Waals surface area contributed by atoms with Gasteiger partial charge in [0.1, 0.15) is 13.2 Å². The molecule has 3 rings (SSSR count). The first-order valence-corrected chi connectivity index (χ1v) is 7.44. The zero-order valence-electron chi connectivity index (χ0n) is 11.3. The Labute approximate surface area is 119 Å². The van der Waals surface area contributed by atoms with Gasteiger partial charge in [-0.15, -0.1) is 0 Å². The van der Waals surface area contributed by atoms with Crippen LogP contribution in [0.5, 0.6) is 11.5 Å². The minimum Gasteiger partial charge on any atom is -0.486 e. The van der Waals surface area contributed by atoms with Crippen LogP contribution in [0, 0.1) is 0 Å². The van der Waals surface area contributed by atoms with Crippen LogP contribution in [-0.4, -0.2) is 13.2 Å². The van der Waals surface area contributed by atoms with E-state index >= 15 is 0 Å². The van der Waals surface area contributed by atoms with Crippen molar-refractivity contribution in [1.29, 1.82) is 0 Å². The maximum atomic E-state index is 6.61. The summed E-state index contributed by atoms with van der Waals surface area (Å²) in [6.07, 6.45) is 5.20. The van der Waals surface area contributed by atoms with Crippen LogP contribution in [0.1, 0.15) is 43.7 Å². The van der Waals surface area contributed by atoms with Gasteiger partial charge in [-0.25, -0.2) is 0 Å². The Morgan fingerprint density at radius 1 is 1.26 bits per heavy atom. The highest BCUT2D eigenvalue weighted by molar-refractivity contribution is 6.31. The number of hydrogen-bond donors (Lipinski definition) is 1. The molecule has 4 heteroatoms. The number of ether oxygens (including phenoxy) is 2. The smallest absolute Gasteiger partial charge is 0.164 e. The minimum absolute atomic E-state index is 0.293. The molecule has 1 aliphatic carbocycles. The van der Waals surface area contributed by atoms with Gasteiger partial charge < -0.3 is 15.2 Å². The van der Waals surface area contributed by atoms with Gasteiger partial charge in [0.25, 0.3) is 0 Å². The highest BCUT2D eigenvalue weighted by Crippen LogP contribution is 2.48. The van der Waals surface area contributed by atoms with Gasteiger partial charge in [0.2, 0.25) is 0 Å². The monoisotopic (exact) mass is 281 g/mol. The molecule has 1 aliphatic heterocycles. The highest BCUT2D eigenvalue weighted by Gasteiger charge is 2.37. The van der Waals surface area contributed by atoms with Crippen molar-refractivity contribution in [3.8, 4) is 11.5 Å². The number of nitrogens with two attached hydrogens (primary N) is 1. The average Bonchev–Trinajstić information content (AvgIpc) is 2.84. The van der Waals surface area contributed by atoms with Crippen molar-refractivity contribution in [2.75, 3.05) is 13.2 Å². The van der Waals surface area contributed by atoms with Crippen molar-refractivity contribution in [3.63, 3.8) is 0 Å². The average molecular weight is 282 g/mol. The molecule has 1 aromatic carbocycles. The second-order valence-electron chi connectivity index (χ2n) is 5.45. The molecule has 1 saturated carbocycles. The molecular formula is C15H20ClNO2. The quantitative estimate of drug-likeness (QED) is 0.904. The van der Waals surface area contributed by atoms with Crippen molar-refractivity contribution in [2.24, 2.45) is 5.73 Å². The van der Waals surface area contributed by atoms with Gasteiger partial charge in [-0.2, -0.15) is 0 Å². The topological polar surface area (TPSA) is 44.5 Å². The highest BCUT2D eigenvalue weighted by atomic mass is 35.5. The predicted molar refractivity (Wildman–Crippen MR) is 76.2 cm³/mol. The van der Waals surface area contributed by atoms with E-state index in [2.05, 4.69) is 6.92 Å². The van der Waals surface area contributed by atoms with Gasteiger partial charge in [-0.3, -0.25) is 0 Å². The molecule has 1 aromatic rings. The van der Waals surface area contributed by atoms with Crippen molar-refractivity contribution in [3.05, 3.63) is 22.2 Å². The Morgan fingerprint density at radius 2 is 1.95 bits per heavy atom. The van der Waals surface area contributed by atoms with Crippen LogP contribution in [0.25, 0.3) is 0 Å². The molecule has 1 fully saturated rings. The lowest BCUT2D eigenvalue weighted by Crippen LogP contribution is -2.35. The first kappa shape index (κ1) is 13.1. The molecule has 104 valence electrons. The fourth-order valence-electron chi connectivity index (χ4n) is 3.35. The largest absolute Gasteiger partial charge is 0.486 e. The molecule has 0 atom stereocenters. The summed E-state index contributed by atoms with van der Waals surface area (Å²) >= 11 is 6.50. The maximum Gasteiger partial charge on any atom is 0.164 e. The van der Waals surface area contributed by atoms with Crippen LogP contribution in [0.3, 0.4) is 0 Å². The van der Waals surface area contributed by atoms with Gasteiger partial charge in [0, 0.05) is 22.2 Å². The summed E-state index contributed by atoms with van der Waals surface area (Å²) in [6.45, 7) is 3.30. The molecule has 0 aromatic heterocycles. The summed E-state index contributed by atoms with van der Waals surface area (Å²) < 4.78 is 11.5. The Bertz CT molecular complexity index is 495. The van der Waals surface area contributed by atoms with Gasteiger partial charge in [0.05, 0.1) is 0 Å². The molecule has 3 nitrogen and oxygen atoms in total. The van der Waals surface area contributed by atoms with Crippen molar-refractivity contribution < 1.29 is 9.47 Å². The lowest BCUT2D eigenvalue weighted by atomic mass is 9.84. The normalized spacial score (nSPS) is 20.6. The molecule has 0 bridgehead atoms. The fraction of sp³-hybridized carbons (Fsp3) is 0.600. The lowest BCUT2D eigenvalue weighted by molar-refractivity contribution is 0.169. The molecule has 0 spiro atoms. The van der Waals surface area contributed by atoms with E-state index in [9.17, 15) is 0 Å². The molecule has 0 amide bonds. The van der Waals surface area contributed by atoms with Gasteiger partial charge in [-0.05, 0) is 24.8 Å². The summed E-state index contributed by atoms with van der Waals surface area (Å²) in [5.41, 5.74) is 8.53. The number of halogens is 1. The minimum atomic E-state index is -0.293. The number of fused-ring (bicyclic) bond motifs is 1. The molecule has 19 heavy (non-hydrogen) atoms. The number of rotatable bonds is 2. The first-order valence-electron chi connectivity index (χ1n) is 7.06. The summed E-state index contributed by atoms with van der Waals surface area (Å²) in [4.78, 5) is 0. The van der Waals surface area contributed by atoms with Crippen LogP contribution < -0.4 is 15.2 Å². The second-order valence-corrected chi connectivity index (χ2v) is 5.86. The van der Waals surface area contributed by atoms with E-state index in [4.69, 9.17) is 26.8 Å². The molecule has 0 unspecified atom stereocenters. The number of benzene rings is 1. The zero-order chi connectivity index (χ0) is 13.5. The maximum absolute atomic E-state index is 6.61. The van der Waals surface area contributed by atoms with E-state index in [1.807, 2.05) is 6.07 Å². The van der Waals surface area contributed by atoms with E-state index in [1.54, 1.807) is 0 Å². The van der Waals surface area contributed by atoms with Crippen LogP contribution in [0.2, 0.25) is 5.02 Å². The van der Waals surface area contributed by atoms with Crippen molar-refractivity contribution >= 4 is 11.6 Å². The van der Waals surface area contributed by atoms with Crippen molar-refractivity contribution in [1.82, 2.24) is 0 Å². The van der Waals surface area contributed by atoms with Crippen molar-refractivity contribution in [2.45, 2.75) is 44.6 Å². The first-order chi connectivity index (χ1) is 9.15. The van der Waals surface area contributed by atoms with Gasteiger partial charge in [0.15, 0.2) is 11.5 Å². The molecule has 2 N–H and O–H groups in total. The van der Waals surface area contributed by atoms with E-state index in [-0.39, 0.29) is 5.54 Å². The molecule has 0 saturated heterocycles. The predicted octanol–water partition coefficient (Wildman–Crippen LogP) is 3.40. The summed E-state index contributed by atoms with van der Waals surface area (Å²) in [5.74, 6) is 1.61. The molecule has 2 aliphatic rings. The third kappa shape index (κ3) is 2.09. The Morgan fingerprint density at radius 3 is 2.63 bits per heavy atom. The molecule has 0 radical (unpaired) electrons. The second kappa shape index (κ2) is 4.88. The third-order valence-electron chi connectivity index (χ3n) is 4.23. The SMILES string of the molecule is CCc1c2c(cc(Cl)c1C1(N)CCCC1)OCCO2. The Hall–Kier alpha value is -0.930. The van der Waals surface area contributed by atoms with E-state index in [0.29, 0.717) is 13.2 Å². The third-order valence-corrected chi connectivity index (χ3v) is 4.53. The van der Waals surface area contributed by atoms with Crippen LogP contribution >= 0.6 is 11.6 Å². The van der Waals surface area contributed by atoms with E-state index in [1.165, 1.54) is 12.8 Å². The molecular weight excluding hydrogens is 262 g/mol. The summed E-state index contributed by atoms with van der Waals surface area (Å²) in [6, 6.07) is 1.87. The Kier molecular flexibility index (Phi) is 3.35. The van der Waals surface area contributed by atoms with Crippen LogP contribution in [-0.2, 0) is 12.0 Å². The fourth-order valence-corrected chi connectivity index (χ4v) is 3.75. The summed E-state index contributed by atoms with van der Waals surface area (Å²) in [7, 11) is 0. The number of hydrogen-bond acceptors (Lipinski definition) is 3.